The molecule has 0 spiro atoms. The number of alkyl halides is 2. The fraction of sp³-hybridized carbons (Fsp3) is 0.500. The molecule has 2 fully saturated rings. The molecule has 0 unspecified atom stereocenters. The zero-order valence-electron chi connectivity index (χ0n) is 20.2. The van der Waals surface area contributed by atoms with Crippen molar-refractivity contribution in [3.8, 4) is 5.95 Å². The Kier molecular flexibility index (Phi) is 7.23. The van der Waals surface area contributed by atoms with Gasteiger partial charge in [-0.2, -0.15) is 9.97 Å². The summed E-state index contributed by atoms with van der Waals surface area (Å²) in [6, 6.07) is 8.89. The molecule has 2 aromatic heterocycles. The third-order valence-electron chi connectivity index (χ3n) is 6.49. The number of benzene rings is 1. The van der Waals surface area contributed by atoms with E-state index in [1.54, 1.807) is 24.3 Å². The fourth-order valence-electron chi connectivity index (χ4n) is 4.56. The monoisotopic (exact) mass is 500 g/mol. The Morgan fingerprint density at radius 3 is 2.33 bits per heavy atom. The maximum absolute atomic E-state index is 14.1. The molecule has 1 aromatic carbocycles. The number of ether oxygens (including phenoxy) is 1. The summed E-state index contributed by atoms with van der Waals surface area (Å²) in [4.78, 5) is 32.0. The molecule has 0 saturated carbocycles. The van der Waals surface area contributed by atoms with E-state index in [9.17, 15) is 13.6 Å². The van der Waals surface area contributed by atoms with Crippen molar-refractivity contribution in [1.29, 1.82) is 0 Å². The highest BCUT2D eigenvalue weighted by Gasteiger charge is 2.26. The summed E-state index contributed by atoms with van der Waals surface area (Å²) in [6.45, 7) is 7.75. The molecular weight excluding hydrogens is 470 g/mol. The van der Waals surface area contributed by atoms with Gasteiger partial charge in [-0.25, -0.2) is 13.8 Å². The van der Waals surface area contributed by atoms with Crippen LogP contribution in [0.1, 0.15) is 19.2 Å². The number of carbonyl (C=O) groups excluding carboxylic acids is 1. The molecule has 0 aliphatic carbocycles. The minimum atomic E-state index is -2.79. The van der Waals surface area contributed by atoms with Gasteiger partial charge in [-0.15, -0.1) is 0 Å². The van der Waals surface area contributed by atoms with Gasteiger partial charge in [-0.05, 0) is 18.7 Å². The van der Waals surface area contributed by atoms with Crippen molar-refractivity contribution in [3.63, 3.8) is 0 Å². The third kappa shape index (κ3) is 4.96. The number of anilines is 2. The number of likely N-dealkylation sites (N-methyl/N-ethyl adjacent to an activating group) is 1. The Hall–Kier alpha value is -3.38. The standard InChI is InChI=1S/C24H30F2N8O2/c1-2-27-16-21(35)33-9-7-31(8-10-33)19-15-20(32-11-13-36-14-12-32)30-24(29-19)34-18-6-4-3-5-17(18)28-23(34)22(25)26/h3-6,15,22,27H,2,7-14,16H2,1H3. The molecule has 0 bridgehead atoms. The van der Waals surface area contributed by atoms with E-state index in [1.165, 1.54) is 4.57 Å². The molecule has 0 atom stereocenters. The molecule has 10 nitrogen and oxygen atoms in total. The van der Waals surface area contributed by atoms with Gasteiger partial charge in [0.25, 0.3) is 6.43 Å². The number of hydrogen-bond donors (Lipinski definition) is 1. The molecular formula is C24H30F2N8O2. The van der Waals surface area contributed by atoms with E-state index in [0.29, 0.717) is 81.7 Å². The second-order valence-electron chi connectivity index (χ2n) is 8.73. The van der Waals surface area contributed by atoms with Crippen LogP contribution in [0, 0.1) is 0 Å². The lowest BCUT2D eigenvalue weighted by atomic mass is 10.3. The van der Waals surface area contributed by atoms with E-state index in [0.717, 1.165) is 6.54 Å². The van der Waals surface area contributed by atoms with Crippen LogP contribution in [0.25, 0.3) is 17.0 Å². The molecule has 2 aliphatic rings. The first kappa shape index (κ1) is 24.3. The maximum Gasteiger partial charge on any atom is 0.296 e. The molecule has 2 aliphatic heterocycles. The van der Waals surface area contributed by atoms with Crippen LogP contribution >= 0.6 is 0 Å². The van der Waals surface area contributed by atoms with Crippen molar-refractivity contribution in [2.75, 3.05) is 75.4 Å². The largest absolute Gasteiger partial charge is 0.378 e. The molecule has 192 valence electrons. The molecule has 12 heteroatoms. The fourth-order valence-corrected chi connectivity index (χ4v) is 4.56. The van der Waals surface area contributed by atoms with Gasteiger partial charge < -0.3 is 24.8 Å². The second-order valence-corrected chi connectivity index (χ2v) is 8.73. The summed E-state index contributed by atoms with van der Waals surface area (Å²) in [7, 11) is 0. The Morgan fingerprint density at radius 2 is 1.67 bits per heavy atom. The van der Waals surface area contributed by atoms with E-state index in [1.807, 2.05) is 17.9 Å². The highest BCUT2D eigenvalue weighted by atomic mass is 19.3. The van der Waals surface area contributed by atoms with Crippen LogP contribution in [-0.4, -0.2) is 95.9 Å². The van der Waals surface area contributed by atoms with E-state index < -0.39 is 6.43 Å². The number of piperazine rings is 1. The number of fused-ring (bicyclic) bond motifs is 1. The number of aromatic nitrogens is 4. The number of carbonyl (C=O) groups is 1. The number of para-hydroxylation sites is 2. The summed E-state index contributed by atoms with van der Waals surface area (Å²) in [5, 5.41) is 3.07. The number of morpholine rings is 1. The van der Waals surface area contributed by atoms with Gasteiger partial charge >= 0.3 is 0 Å². The normalized spacial score (nSPS) is 16.8. The molecule has 2 saturated heterocycles. The zero-order chi connectivity index (χ0) is 25.1. The molecule has 1 amide bonds. The summed E-state index contributed by atoms with van der Waals surface area (Å²) in [6.07, 6.45) is -2.79. The minimum absolute atomic E-state index is 0.0698. The van der Waals surface area contributed by atoms with E-state index in [2.05, 4.69) is 20.1 Å². The maximum atomic E-state index is 14.1. The number of nitrogens with zero attached hydrogens (tertiary/aromatic N) is 7. The lowest BCUT2D eigenvalue weighted by molar-refractivity contribution is -0.130. The van der Waals surface area contributed by atoms with E-state index in [4.69, 9.17) is 14.7 Å². The lowest BCUT2D eigenvalue weighted by Crippen LogP contribution is -2.51. The van der Waals surface area contributed by atoms with E-state index in [-0.39, 0.29) is 17.7 Å². The first-order valence-electron chi connectivity index (χ1n) is 12.3. The average Bonchev–Trinajstić information content (AvgIpc) is 3.32. The Balaban J connectivity index is 1.51. The zero-order valence-corrected chi connectivity index (χ0v) is 20.2. The first-order chi connectivity index (χ1) is 17.5. The van der Waals surface area contributed by atoms with Crippen LogP contribution in [-0.2, 0) is 9.53 Å². The van der Waals surface area contributed by atoms with Crippen LogP contribution in [0.5, 0.6) is 0 Å². The summed E-state index contributed by atoms with van der Waals surface area (Å²) >= 11 is 0. The molecule has 4 heterocycles. The number of nitrogens with one attached hydrogen (secondary N) is 1. The van der Waals surface area contributed by atoms with E-state index >= 15 is 0 Å². The highest BCUT2D eigenvalue weighted by molar-refractivity contribution is 5.79. The molecule has 36 heavy (non-hydrogen) atoms. The van der Waals surface area contributed by atoms with Gasteiger partial charge in [0.15, 0.2) is 5.82 Å². The topological polar surface area (TPSA) is 91.7 Å². The smallest absolute Gasteiger partial charge is 0.296 e. The van der Waals surface area contributed by atoms with Crippen LogP contribution in [0.2, 0.25) is 0 Å². The SMILES string of the molecule is CCNCC(=O)N1CCN(c2cc(N3CCOCC3)nc(-n3c(C(F)F)nc4ccccc43)n2)CC1. The van der Waals surface area contributed by atoms with Gasteiger partial charge in [0.05, 0.1) is 30.8 Å². The number of amides is 1. The summed E-state index contributed by atoms with van der Waals surface area (Å²) in [5.74, 6) is 1.13. The van der Waals surface area contributed by atoms with Crippen molar-refractivity contribution in [1.82, 2.24) is 29.7 Å². The first-order valence-corrected chi connectivity index (χ1v) is 12.3. The molecule has 5 rings (SSSR count). The Morgan fingerprint density at radius 1 is 1.00 bits per heavy atom. The van der Waals surface area contributed by atoms with Gasteiger partial charge in [0.2, 0.25) is 11.9 Å². The van der Waals surface area contributed by atoms with Gasteiger partial charge in [0, 0.05) is 45.3 Å². The van der Waals surface area contributed by atoms with Gasteiger partial charge in [-0.1, -0.05) is 19.1 Å². The van der Waals surface area contributed by atoms with Crippen molar-refractivity contribution in [3.05, 3.63) is 36.2 Å². The Bertz CT molecular complexity index is 1210. The highest BCUT2D eigenvalue weighted by Crippen LogP contribution is 2.29. The molecule has 3 aromatic rings. The van der Waals surface area contributed by atoms with Crippen LogP contribution in [0.3, 0.4) is 0 Å². The van der Waals surface area contributed by atoms with Crippen molar-refractivity contribution >= 4 is 28.6 Å². The van der Waals surface area contributed by atoms with Crippen molar-refractivity contribution in [2.24, 2.45) is 0 Å². The second kappa shape index (κ2) is 10.7. The lowest BCUT2D eigenvalue weighted by Gasteiger charge is -2.36. The van der Waals surface area contributed by atoms with Crippen molar-refractivity contribution in [2.45, 2.75) is 13.3 Å². The summed E-state index contributed by atoms with van der Waals surface area (Å²) < 4.78 is 34.9. The van der Waals surface area contributed by atoms with Crippen LogP contribution < -0.4 is 15.1 Å². The van der Waals surface area contributed by atoms with Crippen molar-refractivity contribution < 1.29 is 18.3 Å². The van der Waals surface area contributed by atoms with Crippen LogP contribution in [0.15, 0.2) is 30.3 Å². The number of hydrogen-bond acceptors (Lipinski definition) is 8. The summed E-state index contributed by atoms with van der Waals surface area (Å²) in [5.41, 5.74) is 0.985. The quantitative estimate of drug-likeness (QED) is 0.526. The van der Waals surface area contributed by atoms with Gasteiger partial charge in [-0.3, -0.25) is 9.36 Å². The average molecular weight is 501 g/mol. The Labute approximate surface area is 207 Å². The minimum Gasteiger partial charge on any atom is -0.378 e. The number of rotatable bonds is 7. The van der Waals surface area contributed by atoms with Gasteiger partial charge in [0.1, 0.15) is 11.6 Å². The predicted molar refractivity (Wildman–Crippen MR) is 132 cm³/mol. The number of halogens is 2. The van der Waals surface area contributed by atoms with Crippen LogP contribution in [0.4, 0.5) is 20.4 Å². The number of imidazole rings is 1. The molecule has 1 N–H and O–H groups in total. The third-order valence-corrected chi connectivity index (χ3v) is 6.49. The molecule has 0 radical (unpaired) electrons. The predicted octanol–water partition coefficient (Wildman–Crippen LogP) is 1.85.